The first-order valence-electron chi connectivity index (χ1n) is 4.13. The molecule has 1 nitrogen and oxygen atoms in total. The van der Waals surface area contributed by atoms with E-state index in [0.29, 0.717) is 5.54 Å². The van der Waals surface area contributed by atoms with Gasteiger partial charge in [0.1, 0.15) is 0 Å². The third kappa shape index (κ3) is 1.84. The maximum atomic E-state index is 3.72. The normalized spacial score (nSPS) is 32.5. The minimum absolute atomic E-state index is 0.425. The summed E-state index contributed by atoms with van der Waals surface area (Å²) in [6.45, 7) is 7.24. The van der Waals surface area contributed by atoms with Crippen LogP contribution < -0.4 is 5.32 Å². The molecule has 0 aromatic rings. The summed E-state index contributed by atoms with van der Waals surface area (Å²) in [5.41, 5.74) is 0.425. The van der Waals surface area contributed by atoms with Gasteiger partial charge >= 0.3 is 0 Å². The van der Waals surface area contributed by atoms with Gasteiger partial charge in [-0.3, -0.25) is 0 Å². The zero-order chi connectivity index (χ0) is 7.45. The highest BCUT2D eigenvalue weighted by atomic mass is 15.0. The minimum Gasteiger partial charge on any atom is -0.312 e. The van der Waals surface area contributed by atoms with Crippen molar-refractivity contribution in [2.75, 3.05) is 6.54 Å². The maximum absolute atomic E-state index is 3.72. The molecule has 0 amide bonds. The fourth-order valence-electron chi connectivity index (χ4n) is 1.59. The molecule has 1 aliphatic rings. The van der Waals surface area contributed by atoms with Crippen molar-refractivity contribution in [2.45, 2.75) is 38.1 Å². The molecule has 1 fully saturated rings. The van der Waals surface area contributed by atoms with Crippen LogP contribution in [0.25, 0.3) is 0 Å². The third-order valence-corrected chi connectivity index (χ3v) is 2.36. The highest BCUT2D eigenvalue weighted by molar-refractivity contribution is 4.90. The highest BCUT2D eigenvalue weighted by Crippen LogP contribution is 2.23. The monoisotopic (exact) mass is 139 g/mol. The number of allylic oxidation sites excluding steroid dienone is 1. The molecule has 1 heterocycles. The average molecular weight is 139 g/mol. The Hall–Kier alpha value is -0.300. The second-order valence-electron chi connectivity index (χ2n) is 3.42. The van der Waals surface area contributed by atoms with E-state index in [4.69, 9.17) is 0 Å². The van der Waals surface area contributed by atoms with Gasteiger partial charge < -0.3 is 5.32 Å². The smallest absolute Gasteiger partial charge is 0.0156 e. The standard InChI is InChI=1S/C9H17N/c1-3-4-6-9(2)7-5-8-10-9/h3,10H,1,4-8H2,2H3. The van der Waals surface area contributed by atoms with Crippen LogP contribution >= 0.6 is 0 Å². The van der Waals surface area contributed by atoms with Gasteiger partial charge in [0.05, 0.1) is 0 Å². The number of hydrogen-bond donors (Lipinski definition) is 1. The molecule has 0 aromatic carbocycles. The van der Waals surface area contributed by atoms with E-state index in [1.807, 2.05) is 6.08 Å². The Kier molecular flexibility index (Phi) is 2.50. The minimum atomic E-state index is 0.425. The predicted molar refractivity (Wildman–Crippen MR) is 45.1 cm³/mol. The fraction of sp³-hybridized carbons (Fsp3) is 0.778. The van der Waals surface area contributed by atoms with E-state index < -0.39 is 0 Å². The van der Waals surface area contributed by atoms with Gasteiger partial charge in [0, 0.05) is 5.54 Å². The van der Waals surface area contributed by atoms with Crippen molar-refractivity contribution >= 4 is 0 Å². The molecular formula is C9H17N. The summed E-state index contributed by atoms with van der Waals surface area (Å²) in [4.78, 5) is 0. The average Bonchev–Trinajstić information content (AvgIpc) is 2.33. The maximum Gasteiger partial charge on any atom is 0.0156 e. The molecule has 1 rings (SSSR count). The van der Waals surface area contributed by atoms with E-state index in [0.717, 1.165) is 6.42 Å². The molecule has 0 bridgehead atoms. The Balaban J connectivity index is 2.28. The van der Waals surface area contributed by atoms with E-state index in [1.54, 1.807) is 0 Å². The molecule has 10 heavy (non-hydrogen) atoms. The number of nitrogens with one attached hydrogen (secondary N) is 1. The number of hydrogen-bond acceptors (Lipinski definition) is 1. The van der Waals surface area contributed by atoms with Crippen molar-refractivity contribution in [3.8, 4) is 0 Å². The van der Waals surface area contributed by atoms with Crippen LogP contribution in [-0.4, -0.2) is 12.1 Å². The Bertz CT molecular complexity index is 112. The van der Waals surface area contributed by atoms with Crippen LogP contribution in [0.4, 0.5) is 0 Å². The Morgan fingerprint density at radius 3 is 3.00 bits per heavy atom. The first-order valence-corrected chi connectivity index (χ1v) is 4.13. The van der Waals surface area contributed by atoms with Gasteiger partial charge in [0.25, 0.3) is 0 Å². The van der Waals surface area contributed by atoms with Crippen molar-refractivity contribution in [1.82, 2.24) is 5.32 Å². The fourth-order valence-corrected chi connectivity index (χ4v) is 1.59. The molecule has 1 heteroatoms. The lowest BCUT2D eigenvalue weighted by Gasteiger charge is -2.23. The molecule has 0 spiro atoms. The second kappa shape index (κ2) is 3.20. The predicted octanol–water partition coefficient (Wildman–Crippen LogP) is 2.09. The van der Waals surface area contributed by atoms with Gasteiger partial charge in [-0.1, -0.05) is 6.08 Å². The first-order chi connectivity index (χ1) is 4.77. The van der Waals surface area contributed by atoms with Gasteiger partial charge in [-0.05, 0) is 39.2 Å². The summed E-state index contributed by atoms with van der Waals surface area (Å²) >= 11 is 0. The first kappa shape index (κ1) is 7.80. The summed E-state index contributed by atoms with van der Waals surface area (Å²) in [5, 5.41) is 3.52. The van der Waals surface area contributed by atoms with E-state index >= 15 is 0 Å². The lowest BCUT2D eigenvalue weighted by atomic mass is 9.94. The van der Waals surface area contributed by atoms with Crippen LogP contribution in [0.1, 0.15) is 32.6 Å². The molecule has 1 aliphatic heterocycles. The lowest BCUT2D eigenvalue weighted by Crippen LogP contribution is -2.35. The Morgan fingerprint density at radius 1 is 1.70 bits per heavy atom. The Morgan fingerprint density at radius 2 is 2.50 bits per heavy atom. The van der Waals surface area contributed by atoms with Gasteiger partial charge in [-0.25, -0.2) is 0 Å². The van der Waals surface area contributed by atoms with E-state index in [2.05, 4.69) is 18.8 Å². The largest absolute Gasteiger partial charge is 0.312 e. The molecule has 0 saturated carbocycles. The quantitative estimate of drug-likeness (QED) is 0.590. The third-order valence-electron chi connectivity index (χ3n) is 2.36. The summed E-state index contributed by atoms with van der Waals surface area (Å²) in [7, 11) is 0. The van der Waals surface area contributed by atoms with Gasteiger partial charge in [0.2, 0.25) is 0 Å². The van der Waals surface area contributed by atoms with Crippen LogP contribution in [0, 0.1) is 0 Å². The molecule has 0 aliphatic carbocycles. The SMILES string of the molecule is C=CCCC1(C)CCCN1. The van der Waals surface area contributed by atoms with Crippen molar-refractivity contribution in [3.63, 3.8) is 0 Å². The summed E-state index contributed by atoms with van der Waals surface area (Å²) in [6, 6.07) is 0. The second-order valence-corrected chi connectivity index (χ2v) is 3.42. The topological polar surface area (TPSA) is 12.0 Å². The van der Waals surface area contributed by atoms with Crippen LogP contribution in [0.2, 0.25) is 0 Å². The summed E-state index contributed by atoms with van der Waals surface area (Å²) in [5.74, 6) is 0. The Labute approximate surface area is 63.5 Å². The van der Waals surface area contributed by atoms with E-state index in [1.165, 1.54) is 25.8 Å². The van der Waals surface area contributed by atoms with Gasteiger partial charge in [-0.2, -0.15) is 0 Å². The van der Waals surface area contributed by atoms with Crippen molar-refractivity contribution in [2.24, 2.45) is 0 Å². The van der Waals surface area contributed by atoms with Crippen LogP contribution in [0.15, 0.2) is 12.7 Å². The van der Waals surface area contributed by atoms with Crippen molar-refractivity contribution in [1.29, 1.82) is 0 Å². The van der Waals surface area contributed by atoms with E-state index in [-0.39, 0.29) is 0 Å². The molecule has 58 valence electrons. The van der Waals surface area contributed by atoms with Crippen molar-refractivity contribution in [3.05, 3.63) is 12.7 Å². The summed E-state index contributed by atoms with van der Waals surface area (Å²) < 4.78 is 0. The lowest BCUT2D eigenvalue weighted by molar-refractivity contribution is 0.387. The molecular weight excluding hydrogens is 122 g/mol. The van der Waals surface area contributed by atoms with Gasteiger partial charge in [0.15, 0.2) is 0 Å². The molecule has 0 aromatic heterocycles. The molecule has 1 N–H and O–H groups in total. The van der Waals surface area contributed by atoms with Crippen LogP contribution in [0.3, 0.4) is 0 Å². The van der Waals surface area contributed by atoms with Gasteiger partial charge in [-0.15, -0.1) is 6.58 Å². The molecule has 1 saturated heterocycles. The van der Waals surface area contributed by atoms with Crippen molar-refractivity contribution < 1.29 is 0 Å². The zero-order valence-electron chi connectivity index (χ0n) is 6.82. The van der Waals surface area contributed by atoms with Crippen LogP contribution in [-0.2, 0) is 0 Å². The summed E-state index contributed by atoms with van der Waals surface area (Å²) in [6.07, 6.45) is 7.07. The molecule has 0 radical (unpaired) electrons. The van der Waals surface area contributed by atoms with Crippen LogP contribution in [0.5, 0.6) is 0 Å². The highest BCUT2D eigenvalue weighted by Gasteiger charge is 2.26. The zero-order valence-corrected chi connectivity index (χ0v) is 6.82. The molecule has 1 atom stereocenters. The number of rotatable bonds is 3. The van der Waals surface area contributed by atoms with E-state index in [9.17, 15) is 0 Å². The molecule has 1 unspecified atom stereocenters.